The molecular weight excluding hydrogens is 338 g/mol. The monoisotopic (exact) mass is 361 g/mol. The van der Waals surface area contributed by atoms with Crippen molar-refractivity contribution in [3.05, 3.63) is 71.4 Å². The van der Waals surface area contributed by atoms with Crippen LogP contribution in [0.2, 0.25) is 0 Å². The molecule has 1 atom stereocenters. The topological polar surface area (TPSA) is 55.4 Å². The first-order chi connectivity index (χ1) is 12.9. The molecule has 1 heterocycles. The van der Waals surface area contributed by atoms with Crippen molar-refractivity contribution < 1.29 is 14.3 Å². The normalized spacial score (nSPS) is 21.5. The first-order valence-corrected chi connectivity index (χ1v) is 9.30. The number of nitrogens with one attached hydrogen (secondary N) is 1. The van der Waals surface area contributed by atoms with E-state index in [9.17, 15) is 9.59 Å². The molecule has 4 nitrogen and oxygen atoms in total. The smallest absolute Gasteiger partial charge is 0.225 e. The Morgan fingerprint density at radius 3 is 2.48 bits per heavy atom. The van der Waals surface area contributed by atoms with E-state index in [1.54, 1.807) is 0 Å². The molecule has 138 valence electrons. The Morgan fingerprint density at radius 2 is 1.70 bits per heavy atom. The SMILES string of the molecule is CC1(C)CC(=O)C2=C(C1)NC(=O)C[C@H]2c1cccc(Oc2ccccc2)c1. The second kappa shape index (κ2) is 6.69. The number of benzene rings is 2. The van der Waals surface area contributed by atoms with Crippen LogP contribution in [0.4, 0.5) is 0 Å². The standard InChI is InChI=1S/C23H23NO3/c1-23(2)13-19-22(20(25)14-23)18(12-21(26)24-19)15-7-6-10-17(11-15)27-16-8-4-3-5-9-16/h3-11,18H,12-14H2,1-2H3,(H,24,26)/t18-/m0/s1. The van der Waals surface area contributed by atoms with Gasteiger partial charge >= 0.3 is 0 Å². The van der Waals surface area contributed by atoms with E-state index in [1.807, 2.05) is 54.6 Å². The van der Waals surface area contributed by atoms with Gasteiger partial charge in [-0.1, -0.05) is 44.2 Å². The minimum absolute atomic E-state index is 0.0290. The Hall–Kier alpha value is -2.88. The number of hydrogen-bond acceptors (Lipinski definition) is 3. The molecule has 0 unspecified atom stereocenters. The lowest BCUT2D eigenvalue weighted by Crippen LogP contribution is -2.40. The number of carbonyl (C=O) groups is 2. The highest BCUT2D eigenvalue weighted by molar-refractivity contribution is 6.02. The van der Waals surface area contributed by atoms with Crippen LogP contribution in [0.1, 0.15) is 44.6 Å². The van der Waals surface area contributed by atoms with Crippen molar-refractivity contribution >= 4 is 11.7 Å². The third-order valence-corrected chi connectivity index (χ3v) is 5.19. The zero-order valence-corrected chi connectivity index (χ0v) is 15.6. The van der Waals surface area contributed by atoms with E-state index in [1.165, 1.54) is 0 Å². The van der Waals surface area contributed by atoms with Gasteiger partial charge in [0.25, 0.3) is 0 Å². The Balaban J connectivity index is 1.69. The summed E-state index contributed by atoms with van der Waals surface area (Å²) < 4.78 is 5.93. The average molecular weight is 361 g/mol. The van der Waals surface area contributed by atoms with Crippen LogP contribution in [0.25, 0.3) is 0 Å². The van der Waals surface area contributed by atoms with Gasteiger partial charge in [0.2, 0.25) is 5.91 Å². The summed E-state index contributed by atoms with van der Waals surface area (Å²) in [5.74, 6) is 1.36. The van der Waals surface area contributed by atoms with Crippen LogP contribution in [-0.4, -0.2) is 11.7 Å². The second-order valence-electron chi connectivity index (χ2n) is 8.13. The Kier molecular flexibility index (Phi) is 4.34. The number of ketones is 1. The maximum Gasteiger partial charge on any atom is 0.225 e. The molecule has 0 bridgehead atoms. The summed E-state index contributed by atoms with van der Waals surface area (Å²) in [7, 11) is 0. The van der Waals surface area contributed by atoms with Crippen molar-refractivity contribution in [2.24, 2.45) is 5.41 Å². The van der Waals surface area contributed by atoms with E-state index in [0.29, 0.717) is 18.6 Å². The number of rotatable bonds is 3. The summed E-state index contributed by atoms with van der Waals surface area (Å²) in [6.45, 7) is 4.14. The zero-order valence-electron chi connectivity index (χ0n) is 15.6. The molecular formula is C23H23NO3. The number of ether oxygens (including phenoxy) is 1. The molecule has 0 aromatic heterocycles. The molecule has 4 rings (SSSR count). The number of hydrogen-bond donors (Lipinski definition) is 1. The van der Waals surface area contributed by atoms with Crippen LogP contribution in [-0.2, 0) is 9.59 Å². The molecule has 1 aliphatic carbocycles. The molecule has 0 radical (unpaired) electrons. The molecule has 27 heavy (non-hydrogen) atoms. The quantitative estimate of drug-likeness (QED) is 0.860. The van der Waals surface area contributed by atoms with Crippen molar-refractivity contribution in [1.82, 2.24) is 5.32 Å². The molecule has 1 N–H and O–H groups in total. The number of amides is 1. The lowest BCUT2D eigenvalue weighted by molar-refractivity contribution is -0.122. The molecule has 2 aromatic rings. The number of allylic oxidation sites excluding steroid dienone is 2. The van der Waals surface area contributed by atoms with E-state index in [2.05, 4.69) is 19.2 Å². The van der Waals surface area contributed by atoms with Gasteiger partial charge in [-0.2, -0.15) is 0 Å². The molecule has 0 saturated heterocycles. The summed E-state index contributed by atoms with van der Waals surface area (Å²) in [4.78, 5) is 25.2. The lowest BCUT2D eigenvalue weighted by atomic mass is 9.70. The third kappa shape index (κ3) is 3.65. The maximum atomic E-state index is 12.9. The maximum absolute atomic E-state index is 12.9. The van der Waals surface area contributed by atoms with Crippen molar-refractivity contribution in [2.45, 2.75) is 39.0 Å². The van der Waals surface area contributed by atoms with Crippen molar-refractivity contribution in [3.63, 3.8) is 0 Å². The summed E-state index contributed by atoms with van der Waals surface area (Å²) in [6, 6.07) is 17.3. The van der Waals surface area contributed by atoms with E-state index in [-0.39, 0.29) is 23.0 Å². The predicted molar refractivity (Wildman–Crippen MR) is 104 cm³/mol. The molecule has 1 amide bonds. The Bertz CT molecular complexity index is 928. The molecule has 4 heteroatoms. The molecule has 0 saturated carbocycles. The number of para-hydroxylation sites is 1. The van der Waals surface area contributed by atoms with Gasteiger partial charge in [-0.05, 0) is 41.7 Å². The summed E-state index contributed by atoms with van der Waals surface area (Å²) in [6.07, 6.45) is 1.52. The Labute approximate surface area is 159 Å². The van der Waals surface area contributed by atoms with Crippen LogP contribution in [0.5, 0.6) is 11.5 Å². The highest BCUT2D eigenvalue weighted by Gasteiger charge is 2.40. The highest BCUT2D eigenvalue weighted by Crippen LogP contribution is 2.44. The van der Waals surface area contributed by atoms with Crippen LogP contribution in [0, 0.1) is 5.41 Å². The van der Waals surface area contributed by atoms with E-state index in [0.717, 1.165) is 29.0 Å². The average Bonchev–Trinajstić information content (AvgIpc) is 2.60. The fraction of sp³-hybridized carbons (Fsp3) is 0.304. The van der Waals surface area contributed by atoms with Gasteiger partial charge < -0.3 is 10.1 Å². The summed E-state index contributed by atoms with van der Waals surface area (Å²) >= 11 is 0. The minimum Gasteiger partial charge on any atom is -0.457 e. The lowest BCUT2D eigenvalue weighted by Gasteiger charge is -2.37. The second-order valence-corrected chi connectivity index (χ2v) is 8.13. The Morgan fingerprint density at radius 1 is 0.963 bits per heavy atom. The van der Waals surface area contributed by atoms with Gasteiger partial charge in [0.1, 0.15) is 11.5 Å². The zero-order chi connectivity index (χ0) is 19.0. The first-order valence-electron chi connectivity index (χ1n) is 9.30. The van der Waals surface area contributed by atoms with Crippen LogP contribution in [0.15, 0.2) is 65.9 Å². The first kappa shape index (κ1) is 17.5. The van der Waals surface area contributed by atoms with Crippen molar-refractivity contribution in [1.29, 1.82) is 0 Å². The minimum atomic E-state index is -0.211. The molecule has 0 fully saturated rings. The molecule has 1 aliphatic heterocycles. The largest absolute Gasteiger partial charge is 0.457 e. The van der Waals surface area contributed by atoms with Crippen LogP contribution >= 0.6 is 0 Å². The number of carbonyl (C=O) groups excluding carboxylic acids is 2. The van der Waals surface area contributed by atoms with E-state index < -0.39 is 0 Å². The fourth-order valence-electron chi connectivity index (χ4n) is 4.06. The van der Waals surface area contributed by atoms with Crippen molar-refractivity contribution in [2.75, 3.05) is 0 Å². The van der Waals surface area contributed by atoms with Crippen LogP contribution < -0.4 is 10.1 Å². The predicted octanol–water partition coefficient (Wildman–Crippen LogP) is 4.73. The van der Waals surface area contributed by atoms with Crippen molar-refractivity contribution in [3.8, 4) is 11.5 Å². The third-order valence-electron chi connectivity index (χ3n) is 5.19. The summed E-state index contributed by atoms with van der Waals surface area (Å²) in [5, 5.41) is 2.95. The highest BCUT2D eigenvalue weighted by atomic mass is 16.5. The van der Waals surface area contributed by atoms with E-state index in [4.69, 9.17) is 4.74 Å². The summed E-state index contributed by atoms with van der Waals surface area (Å²) in [5.41, 5.74) is 2.39. The fourth-order valence-corrected chi connectivity index (χ4v) is 4.06. The number of Topliss-reactive ketones (excluding diaryl/α,β-unsaturated/α-hetero) is 1. The molecule has 2 aromatic carbocycles. The van der Waals surface area contributed by atoms with Gasteiger partial charge in [-0.15, -0.1) is 0 Å². The van der Waals surface area contributed by atoms with Gasteiger partial charge in [0, 0.05) is 30.0 Å². The molecule has 2 aliphatic rings. The van der Waals surface area contributed by atoms with Gasteiger partial charge in [0.15, 0.2) is 5.78 Å². The van der Waals surface area contributed by atoms with Gasteiger partial charge in [-0.25, -0.2) is 0 Å². The van der Waals surface area contributed by atoms with Gasteiger partial charge in [-0.3, -0.25) is 9.59 Å². The molecule has 0 spiro atoms. The van der Waals surface area contributed by atoms with E-state index >= 15 is 0 Å². The van der Waals surface area contributed by atoms with Crippen LogP contribution in [0.3, 0.4) is 0 Å². The van der Waals surface area contributed by atoms with Gasteiger partial charge in [0.05, 0.1) is 0 Å².